The number of hydrogen-bond donors (Lipinski definition) is 1. The second-order valence-electron chi connectivity index (χ2n) is 9.31. The number of piperidine rings is 1. The molecule has 8 nitrogen and oxygen atoms in total. The number of methoxy groups -OCH3 is 1. The number of nitrogens with zero attached hydrogens (tertiary/aromatic N) is 3. The first-order valence-electron chi connectivity index (χ1n) is 12.2. The molecular weight excluding hydrogens is 464 g/mol. The maximum absolute atomic E-state index is 13.1. The number of carbonyl (C=O) groups is 1. The van der Waals surface area contributed by atoms with E-state index in [0.29, 0.717) is 40.7 Å². The minimum Gasteiger partial charge on any atom is -0.497 e. The smallest absolute Gasteiger partial charge is 0.243 e. The first-order valence-corrected chi connectivity index (χ1v) is 13.7. The van der Waals surface area contributed by atoms with Crippen LogP contribution in [-0.2, 0) is 14.8 Å². The van der Waals surface area contributed by atoms with E-state index in [1.165, 1.54) is 9.99 Å². The van der Waals surface area contributed by atoms with Crippen LogP contribution in [0.15, 0.2) is 41.6 Å². The van der Waals surface area contributed by atoms with E-state index in [9.17, 15) is 13.2 Å². The third-order valence-electron chi connectivity index (χ3n) is 6.74. The van der Waals surface area contributed by atoms with Crippen LogP contribution in [-0.4, -0.2) is 70.4 Å². The van der Waals surface area contributed by atoms with E-state index in [0.717, 1.165) is 32.4 Å². The Bertz CT molecular complexity index is 1060. The number of ketones is 1. The molecule has 0 radical (unpaired) electrons. The van der Waals surface area contributed by atoms with E-state index in [1.54, 1.807) is 40.1 Å². The highest BCUT2D eigenvalue weighted by Crippen LogP contribution is 2.28. The van der Waals surface area contributed by atoms with Crippen molar-refractivity contribution in [3.05, 3.63) is 47.8 Å². The van der Waals surface area contributed by atoms with Crippen LogP contribution in [0, 0.1) is 19.8 Å². The average Bonchev–Trinajstić information content (AvgIpc) is 2.85. The van der Waals surface area contributed by atoms with E-state index >= 15 is 0 Å². The van der Waals surface area contributed by atoms with Crippen molar-refractivity contribution in [2.24, 2.45) is 5.92 Å². The summed E-state index contributed by atoms with van der Waals surface area (Å²) in [4.78, 5) is 19.1. The molecule has 192 valence electrons. The van der Waals surface area contributed by atoms with Gasteiger partial charge in [0.05, 0.1) is 18.6 Å². The molecule has 35 heavy (non-hydrogen) atoms. The number of ether oxygens (including phenoxy) is 1. The molecule has 1 aliphatic rings. The summed E-state index contributed by atoms with van der Waals surface area (Å²) in [5, 5.41) is 3.11. The summed E-state index contributed by atoms with van der Waals surface area (Å²) in [7, 11) is -0.497. The summed E-state index contributed by atoms with van der Waals surface area (Å²) < 4.78 is 32.7. The van der Waals surface area contributed by atoms with Gasteiger partial charge in [0, 0.05) is 57.7 Å². The van der Waals surface area contributed by atoms with Gasteiger partial charge in [-0.15, -0.1) is 0 Å². The van der Waals surface area contributed by atoms with Gasteiger partial charge in [0.1, 0.15) is 11.5 Å². The Hall–Kier alpha value is -2.49. The van der Waals surface area contributed by atoms with Gasteiger partial charge in [0.2, 0.25) is 10.0 Å². The Labute approximate surface area is 209 Å². The molecule has 0 saturated carbocycles. The van der Waals surface area contributed by atoms with Gasteiger partial charge in [-0.3, -0.25) is 9.78 Å². The number of carbonyl (C=O) groups excluding carboxylic acids is 1. The first kappa shape index (κ1) is 27.1. The molecule has 2 aromatic rings. The molecule has 0 amide bonds. The zero-order chi connectivity index (χ0) is 25.4. The van der Waals surface area contributed by atoms with Crippen LogP contribution in [0.25, 0.3) is 0 Å². The van der Waals surface area contributed by atoms with Gasteiger partial charge < -0.3 is 15.0 Å². The number of anilines is 1. The van der Waals surface area contributed by atoms with Crippen molar-refractivity contribution in [1.82, 2.24) is 14.6 Å². The van der Waals surface area contributed by atoms with Gasteiger partial charge in [-0.2, -0.15) is 4.31 Å². The number of hydrogen-bond acceptors (Lipinski definition) is 7. The Morgan fingerprint density at radius 1 is 1.17 bits per heavy atom. The molecule has 1 N–H and O–H groups in total. The van der Waals surface area contributed by atoms with Gasteiger partial charge >= 0.3 is 0 Å². The molecule has 0 unspecified atom stereocenters. The molecule has 2 heterocycles. The van der Waals surface area contributed by atoms with Crippen molar-refractivity contribution in [2.45, 2.75) is 44.4 Å². The third kappa shape index (κ3) is 7.25. The van der Waals surface area contributed by atoms with Crippen LogP contribution in [0.5, 0.6) is 5.75 Å². The predicted molar refractivity (Wildman–Crippen MR) is 139 cm³/mol. The van der Waals surface area contributed by atoms with Gasteiger partial charge in [-0.1, -0.05) is 0 Å². The lowest BCUT2D eigenvalue weighted by Gasteiger charge is -2.33. The molecule has 9 heteroatoms. The average molecular weight is 503 g/mol. The largest absolute Gasteiger partial charge is 0.497 e. The molecule has 0 aliphatic carbocycles. The highest BCUT2D eigenvalue weighted by Gasteiger charge is 2.25. The van der Waals surface area contributed by atoms with Gasteiger partial charge in [0.15, 0.2) is 0 Å². The van der Waals surface area contributed by atoms with Gasteiger partial charge in [0.25, 0.3) is 0 Å². The molecular formula is C26H38N4O4S. The van der Waals surface area contributed by atoms with Crippen LogP contribution < -0.4 is 15.0 Å². The summed E-state index contributed by atoms with van der Waals surface area (Å²) in [6, 6.07) is 7.54. The number of likely N-dealkylation sites (N-methyl/N-ethyl adjacent to an activating group) is 1. The van der Waals surface area contributed by atoms with Crippen LogP contribution in [0.1, 0.15) is 36.8 Å². The van der Waals surface area contributed by atoms with Crippen molar-refractivity contribution >= 4 is 21.5 Å². The predicted octanol–water partition coefficient (Wildman–Crippen LogP) is 3.18. The zero-order valence-electron chi connectivity index (χ0n) is 21.3. The highest BCUT2D eigenvalue weighted by atomic mass is 32.2. The topological polar surface area (TPSA) is 91.8 Å². The van der Waals surface area contributed by atoms with Gasteiger partial charge in [-0.25, -0.2) is 8.42 Å². The number of aryl methyl sites for hydroxylation is 2. The Morgan fingerprint density at radius 2 is 1.80 bits per heavy atom. The Balaban J connectivity index is 1.36. The van der Waals surface area contributed by atoms with Crippen molar-refractivity contribution < 1.29 is 17.9 Å². The van der Waals surface area contributed by atoms with Crippen molar-refractivity contribution in [1.29, 1.82) is 0 Å². The fourth-order valence-electron chi connectivity index (χ4n) is 4.66. The number of nitrogens with one attached hydrogen (secondary N) is 1. The molecule has 0 spiro atoms. The maximum Gasteiger partial charge on any atom is 0.243 e. The van der Waals surface area contributed by atoms with E-state index < -0.39 is 10.0 Å². The lowest BCUT2D eigenvalue weighted by atomic mass is 9.91. The molecule has 1 saturated heterocycles. The summed E-state index contributed by atoms with van der Waals surface area (Å²) >= 11 is 0. The van der Waals surface area contributed by atoms with Crippen LogP contribution in [0.4, 0.5) is 5.69 Å². The molecule has 0 bridgehead atoms. The van der Waals surface area contributed by atoms with Crippen LogP contribution in [0.2, 0.25) is 0 Å². The maximum atomic E-state index is 13.1. The normalized spacial score (nSPS) is 14.9. The number of rotatable bonds is 12. The monoisotopic (exact) mass is 502 g/mol. The molecule has 3 rings (SSSR count). The second-order valence-corrected chi connectivity index (χ2v) is 11.3. The Kier molecular flexibility index (Phi) is 9.65. The molecule has 0 atom stereocenters. The minimum atomic E-state index is -3.63. The Morgan fingerprint density at radius 3 is 2.40 bits per heavy atom. The number of benzene rings is 1. The third-order valence-corrected chi connectivity index (χ3v) is 8.90. The second kappa shape index (κ2) is 12.5. The van der Waals surface area contributed by atoms with Crippen molar-refractivity contribution in [3.8, 4) is 5.75 Å². The lowest BCUT2D eigenvalue weighted by Crippen LogP contribution is -2.36. The molecule has 1 aromatic carbocycles. The zero-order valence-corrected chi connectivity index (χ0v) is 22.1. The fourth-order valence-corrected chi connectivity index (χ4v) is 6.24. The molecule has 1 aliphatic heterocycles. The lowest BCUT2D eigenvalue weighted by molar-refractivity contribution is -0.118. The number of aromatic nitrogens is 1. The van der Waals surface area contributed by atoms with Gasteiger partial charge in [-0.05, 0) is 74.4 Å². The summed E-state index contributed by atoms with van der Waals surface area (Å²) in [5.41, 5.74) is 2.52. The molecule has 1 fully saturated rings. The van der Waals surface area contributed by atoms with Crippen molar-refractivity contribution in [2.75, 3.05) is 51.8 Å². The summed E-state index contributed by atoms with van der Waals surface area (Å²) in [6.07, 6.45) is 7.30. The number of Topliss-reactive ketones (excluding diaryl/α,β-unsaturated/α-hetero) is 1. The molecule has 1 aromatic heterocycles. The van der Waals surface area contributed by atoms with E-state index in [-0.39, 0.29) is 18.9 Å². The van der Waals surface area contributed by atoms with Crippen LogP contribution >= 0.6 is 0 Å². The fraction of sp³-hybridized carbons (Fsp3) is 0.538. The highest BCUT2D eigenvalue weighted by molar-refractivity contribution is 7.89. The quantitative estimate of drug-likeness (QED) is 0.446. The van der Waals surface area contributed by atoms with Crippen LogP contribution in [0.3, 0.4) is 0 Å². The number of sulfonamides is 1. The van der Waals surface area contributed by atoms with Crippen molar-refractivity contribution in [3.63, 3.8) is 0 Å². The van der Waals surface area contributed by atoms with E-state index in [2.05, 4.69) is 15.2 Å². The summed E-state index contributed by atoms with van der Waals surface area (Å²) in [6.45, 7) is 6.54. The first-order chi connectivity index (χ1) is 16.7. The number of pyridine rings is 1. The summed E-state index contributed by atoms with van der Waals surface area (Å²) in [5.74, 6) is 1.39. The SMILES string of the molecule is COc1cc(C)c(S(=O)(=O)N(C)CCNCC(=O)CCC2CCN(c3ccncc3)CC2)c(C)c1. The standard InChI is InChI=1S/C26H38N4O4S/c1-20-17-25(34-4)18-21(2)26(20)35(32,33)29(3)16-13-28-19-24(31)6-5-22-9-14-30(15-10-22)23-7-11-27-12-8-23/h7-8,11-12,17-18,22,28H,5-6,9-10,13-16,19H2,1-4H3. The van der Waals surface area contributed by atoms with E-state index in [1.807, 2.05) is 24.5 Å². The minimum absolute atomic E-state index is 0.175. The van der Waals surface area contributed by atoms with E-state index in [4.69, 9.17) is 4.74 Å².